The maximum absolute atomic E-state index is 12.8. The summed E-state index contributed by atoms with van der Waals surface area (Å²) >= 11 is 0. The third kappa shape index (κ3) is 4.29. The molecule has 0 bridgehead atoms. The van der Waals surface area contributed by atoms with Crippen LogP contribution in [0.3, 0.4) is 0 Å². The van der Waals surface area contributed by atoms with Gasteiger partial charge in [0.15, 0.2) is 5.76 Å². The molecule has 29 heavy (non-hydrogen) atoms. The third-order valence-corrected chi connectivity index (χ3v) is 5.03. The zero-order valence-electron chi connectivity index (χ0n) is 16.6. The molecule has 1 saturated heterocycles. The first-order valence-electron chi connectivity index (χ1n) is 9.74. The number of amides is 1. The van der Waals surface area contributed by atoms with E-state index in [-0.39, 0.29) is 5.91 Å². The van der Waals surface area contributed by atoms with Crippen LogP contribution < -0.4 is 10.1 Å². The molecule has 3 aromatic rings. The zero-order chi connectivity index (χ0) is 20.2. The van der Waals surface area contributed by atoms with Crippen LogP contribution >= 0.6 is 0 Å². The van der Waals surface area contributed by atoms with Gasteiger partial charge in [-0.05, 0) is 48.5 Å². The monoisotopic (exact) mass is 396 g/mol. The van der Waals surface area contributed by atoms with Crippen molar-refractivity contribution in [2.75, 3.05) is 25.5 Å². The minimum absolute atomic E-state index is 0.303. The van der Waals surface area contributed by atoms with Crippen molar-refractivity contribution in [2.45, 2.75) is 32.7 Å². The second-order valence-corrected chi connectivity index (χ2v) is 7.02. The molecule has 0 atom stereocenters. The van der Waals surface area contributed by atoms with Crippen molar-refractivity contribution >= 4 is 11.6 Å². The average Bonchev–Trinajstić information content (AvgIpc) is 3.49. The first-order valence-corrected chi connectivity index (χ1v) is 9.74. The summed E-state index contributed by atoms with van der Waals surface area (Å²) in [7, 11) is 1.56. The molecule has 3 heterocycles. The van der Waals surface area contributed by atoms with Crippen LogP contribution in [0.25, 0.3) is 5.69 Å². The summed E-state index contributed by atoms with van der Waals surface area (Å²) in [6.45, 7) is 5.05. The number of nitrogens with zero attached hydrogens (tertiary/aromatic N) is 5. The standard InChI is InChI=1S/C20H24N6O3/c1-3-18-14(12-25-6-4-5-7-25)8-19(29-18)20(27)22-15-9-16(11-17(10-15)28-2)26-13-21-23-24-26/h8-11,13H,3-7,12H2,1-2H3,(H,22,27). The lowest BCUT2D eigenvalue weighted by Gasteiger charge is -2.13. The van der Waals surface area contributed by atoms with Crippen LogP contribution in [0, 0.1) is 0 Å². The number of hydrogen-bond acceptors (Lipinski definition) is 7. The van der Waals surface area contributed by atoms with Crippen LogP contribution in [0.1, 0.15) is 41.6 Å². The lowest BCUT2D eigenvalue weighted by atomic mass is 10.2. The molecule has 0 saturated carbocycles. The Morgan fingerprint density at radius 2 is 2.07 bits per heavy atom. The normalized spacial score (nSPS) is 14.3. The zero-order valence-corrected chi connectivity index (χ0v) is 16.6. The van der Waals surface area contributed by atoms with Gasteiger partial charge in [0.25, 0.3) is 5.91 Å². The lowest BCUT2D eigenvalue weighted by Crippen LogP contribution is -2.18. The Hall–Kier alpha value is -3.20. The highest BCUT2D eigenvalue weighted by molar-refractivity contribution is 6.02. The molecule has 0 radical (unpaired) electrons. The number of furan rings is 1. The maximum atomic E-state index is 12.8. The Balaban J connectivity index is 1.54. The molecule has 0 spiro atoms. The van der Waals surface area contributed by atoms with Gasteiger partial charge in [-0.2, -0.15) is 0 Å². The highest BCUT2D eigenvalue weighted by Crippen LogP contribution is 2.25. The van der Waals surface area contributed by atoms with Crippen molar-refractivity contribution in [1.29, 1.82) is 0 Å². The molecule has 0 unspecified atom stereocenters. The number of anilines is 1. The number of carbonyl (C=O) groups is 1. The molecule has 1 N–H and O–H groups in total. The van der Waals surface area contributed by atoms with E-state index in [1.165, 1.54) is 23.9 Å². The van der Waals surface area contributed by atoms with E-state index in [9.17, 15) is 4.79 Å². The molecular formula is C20H24N6O3. The molecule has 1 fully saturated rings. The van der Waals surface area contributed by atoms with E-state index in [1.807, 2.05) is 13.0 Å². The first kappa shape index (κ1) is 19.1. The number of rotatable bonds is 7. The Labute approximate surface area is 168 Å². The second-order valence-electron chi connectivity index (χ2n) is 7.02. The molecule has 1 aliphatic heterocycles. The predicted molar refractivity (Wildman–Crippen MR) is 106 cm³/mol. The third-order valence-electron chi connectivity index (χ3n) is 5.03. The molecule has 4 rings (SSSR count). The van der Waals surface area contributed by atoms with E-state index in [4.69, 9.17) is 9.15 Å². The van der Waals surface area contributed by atoms with Crippen molar-refractivity contribution in [3.8, 4) is 11.4 Å². The topological polar surface area (TPSA) is 98.3 Å². The van der Waals surface area contributed by atoms with Gasteiger partial charge in [-0.3, -0.25) is 9.69 Å². The predicted octanol–water partition coefficient (Wildman–Crippen LogP) is 2.67. The Morgan fingerprint density at radius 3 is 2.76 bits per heavy atom. The van der Waals surface area contributed by atoms with E-state index in [0.29, 0.717) is 22.9 Å². The number of nitrogens with one attached hydrogen (secondary N) is 1. The van der Waals surface area contributed by atoms with Crippen molar-refractivity contribution in [2.24, 2.45) is 0 Å². The summed E-state index contributed by atoms with van der Waals surface area (Å²) in [4.78, 5) is 15.2. The molecule has 9 nitrogen and oxygen atoms in total. The fourth-order valence-corrected chi connectivity index (χ4v) is 3.57. The smallest absolute Gasteiger partial charge is 0.291 e. The molecular weight excluding hydrogens is 372 g/mol. The molecule has 9 heteroatoms. The van der Waals surface area contributed by atoms with Gasteiger partial charge in [0.05, 0.1) is 12.8 Å². The summed E-state index contributed by atoms with van der Waals surface area (Å²) in [5, 5.41) is 14.0. The van der Waals surface area contributed by atoms with Gasteiger partial charge in [-0.1, -0.05) is 6.92 Å². The summed E-state index contributed by atoms with van der Waals surface area (Å²) in [6, 6.07) is 7.14. The number of aryl methyl sites for hydroxylation is 1. The summed E-state index contributed by atoms with van der Waals surface area (Å²) in [5.74, 6) is 1.45. The van der Waals surface area contributed by atoms with Crippen LogP contribution in [0.4, 0.5) is 5.69 Å². The van der Waals surface area contributed by atoms with Gasteiger partial charge >= 0.3 is 0 Å². The Kier molecular flexibility index (Phi) is 5.57. The minimum atomic E-state index is -0.303. The SMILES string of the molecule is CCc1oc(C(=O)Nc2cc(OC)cc(-n3cnnn3)c2)cc1CN1CCCC1. The molecule has 0 aliphatic carbocycles. The van der Waals surface area contributed by atoms with Gasteiger partial charge in [-0.25, -0.2) is 4.68 Å². The van der Waals surface area contributed by atoms with Crippen LogP contribution in [0.5, 0.6) is 5.75 Å². The molecule has 152 valence electrons. The maximum Gasteiger partial charge on any atom is 0.291 e. The Bertz CT molecular complexity index is 976. The van der Waals surface area contributed by atoms with Crippen LogP contribution in [-0.4, -0.2) is 51.2 Å². The fraction of sp³-hybridized carbons (Fsp3) is 0.400. The van der Waals surface area contributed by atoms with Crippen molar-refractivity contribution in [1.82, 2.24) is 25.1 Å². The number of aromatic nitrogens is 4. The number of benzene rings is 1. The summed E-state index contributed by atoms with van der Waals surface area (Å²) in [6.07, 6.45) is 4.68. The molecule has 1 aromatic carbocycles. The number of ether oxygens (including phenoxy) is 1. The largest absolute Gasteiger partial charge is 0.497 e. The number of hydrogen-bond donors (Lipinski definition) is 1. The number of methoxy groups -OCH3 is 1. The van der Waals surface area contributed by atoms with E-state index in [0.717, 1.165) is 37.4 Å². The van der Waals surface area contributed by atoms with Gasteiger partial charge in [0, 0.05) is 36.3 Å². The van der Waals surface area contributed by atoms with Crippen molar-refractivity contribution in [3.63, 3.8) is 0 Å². The number of likely N-dealkylation sites (tertiary alicyclic amines) is 1. The Morgan fingerprint density at radius 1 is 1.24 bits per heavy atom. The van der Waals surface area contributed by atoms with Crippen molar-refractivity contribution < 1.29 is 13.9 Å². The van der Waals surface area contributed by atoms with Gasteiger partial charge in [0.2, 0.25) is 0 Å². The van der Waals surface area contributed by atoms with Crippen LogP contribution in [-0.2, 0) is 13.0 Å². The van der Waals surface area contributed by atoms with Crippen molar-refractivity contribution in [3.05, 3.63) is 47.7 Å². The van der Waals surface area contributed by atoms with E-state index < -0.39 is 0 Å². The highest BCUT2D eigenvalue weighted by atomic mass is 16.5. The molecule has 2 aromatic heterocycles. The van der Waals surface area contributed by atoms with E-state index in [1.54, 1.807) is 25.3 Å². The fourth-order valence-electron chi connectivity index (χ4n) is 3.57. The highest BCUT2D eigenvalue weighted by Gasteiger charge is 2.20. The van der Waals surface area contributed by atoms with E-state index >= 15 is 0 Å². The van der Waals surface area contributed by atoms with E-state index in [2.05, 4.69) is 25.7 Å². The quantitative estimate of drug-likeness (QED) is 0.655. The average molecular weight is 396 g/mol. The minimum Gasteiger partial charge on any atom is -0.497 e. The van der Waals surface area contributed by atoms with Gasteiger partial charge < -0.3 is 14.5 Å². The molecule has 1 amide bonds. The molecule has 1 aliphatic rings. The van der Waals surface area contributed by atoms with Crippen LogP contribution in [0.15, 0.2) is 35.0 Å². The second kappa shape index (κ2) is 8.44. The summed E-state index contributed by atoms with van der Waals surface area (Å²) in [5.41, 5.74) is 2.32. The summed E-state index contributed by atoms with van der Waals surface area (Å²) < 4.78 is 12.7. The number of carbonyl (C=O) groups excluding carboxylic acids is 1. The lowest BCUT2D eigenvalue weighted by molar-refractivity contribution is 0.0995. The van der Waals surface area contributed by atoms with Gasteiger partial charge in [-0.15, -0.1) is 5.10 Å². The van der Waals surface area contributed by atoms with Crippen LogP contribution in [0.2, 0.25) is 0 Å². The number of tetrazole rings is 1. The van der Waals surface area contributed by atoms with Gasteiger partial charge in [0.1, 0.15) is 17.8 Å². The first-order chi connectivity index (χ1) is 14.2.